The SMILES string of the molecule is NC(=NC=Cc1cc(Cl)ccc1Cl)c1ccccc1. The van der Waals surface area contributed by atoms with E-state index in [4.69, 9.17) is 28.9 Å². The molecule has 2 N–H and O–H groups in total. The Bertz CT molecular complexity index is 619. The molecule has 96 valence electrons. The van der Waals surface area contributed by atoms with E-state index in [1.807, 2.05) is 30.3 Å². The molecule has 0 saturated carbocycles. The van der Waals surface area contributed by atoms with Gasteiger partial charge in [-0.15, -0.1) is 0 Å². The van der Waals surface area contributed by atoms with Crippen molar-refractivity contribution in [3.8, 4) is 0 Å². The quantitative estimate of drug-likeness (QED) is 0.662. The summed E-state index contributed by atoms with van der Waals surface area (Å²) in [5, 5.41) is 1.25. The van der Waals surface area contributed by atoms with Crippen molar-refractivity contribution < 1.29 is 0 Å². The van der Waals surface area contributed by atoms with Crippen LogP contribution in [0.3, 0.4) is 0 Å². The number of aliphatic imine (C=N–C) groups is 1. The minimum absolute atomic E-state index is 0.454. The number of halogens is 2. The summed E-state index contributed by atoms with van der Waals surface area (Å²) < 4.78 is 0. The van der Waals surface area contributed by atoms with Crippen LogP contribution in [0.1, 0.15) is 11.1 Å². The Morgan fingerprint density at radius 1 is 1.05 bits per heavy atom. The van der Waals surface area contributed by atoms with Gasteiger partial charge in [0.25, 0.3) is 0 Å². The zero-order chi connectivity index (χ0) is 13.7. The van der Waals surface area contributed by atoms with Crippen molar-refractivity contribution in [2.45, 2.75) is 0 Å². The molecule has 0 unspecified atom stereocenters. The van der Waals surface area contributed by atoms with Crippen molar-refractivity contribution in [3.05, 3.63) is 75.9 Å². The summed E-state index contributed by atoms with van der Waals surface area (Å²) in [5.41, 5.74) is 7.55. The topological polar surface area (TPSA) is 38.4 Å². The Morgan fingerprint density at radius 2 is 1.79 bits per heavy atom. The fourth-order valence-electron chi connectivity index (χ4n) is 1.52. The molecule has 4 heteroatoms. The van der Waals surface area contributed by atoms with Crippen LogP contribution in [0.2, 0.25) is 10.0 Å². The molecule has 0 saturated heterocycles. The number of nitrogens with two attached hydrogens (primary N) is 1. The van der Waals surface area contributed by atoms with Crippen molar-refractivity contribution in [2.24, 2.45) is 10.7 Å². The summed E-state index contributed by atoms with van der Waals surface area (Å²) in [6, 6.07) is 14.8. The molecule has 0 spiro atoms. The van der Waals surface area contributed by atoms with Gasteiger partial charge in [0.1, 0.15) is 5.84 Å². The molecule has 0 aliphatic carbocycles. The minimum atomic E-state index is 0.454. The van der Waals surface area contributed by atoms with Crippen molar-refractivity contribution in [2.75, 3.05) is 0 Å². The highest BCUT2D eigenvalue weighted by Gasteiger charge is 1.97. The van der Waals surface area contributed by atoms with Crippen LogP contribution in [0, 0.1) is 0 Å². The Kier molecular flexibility index (Phi) is 4.61. The van der Waals surface area contributed by atoms with Gasteiger partial charge in [-0.25, -0.2) is 4.99 Å². The summed E-state index contributed by atoms with van der Waals surface area (Å²) in [4.78, 5) is 4.17. The van der Waals surface area contributed by atoms with Crippen LogP contribution in [0.5, 0.6) is 0 Å². The lowest BCUT2D eigenvalue weighted by atomic mass is 10.2. The maximum atomic E-state index is 6.04. The van der Waals surface area contributed by atoms with Gasteiger partial charge >= 0.3 is 0 Å². The van der Waals surface area contributed by atoms with E-state index in [9.17, 15) is 0 Å². The Balaban J connectivity index is 2.17. The fraction of sp³-hybridized carbons (Fsp3) is 0. The Labute approximate surface area is 122 Å². The number of amidine groups is 1. The molecule has 0 heterocycles. The molecule has 0 amide bonds. The molecule has 2 aromatic carbocycles. The first-order valence-electron chi connectivity index (χ1n) is 5.67. The summed E-state index contributed by atoms with van der Waals surface area (Å²) in [6.07, 6.45) is 3.38. The van der Waals surface area contributed by atoms with Crippen molar-refractivity contribution in [1.82, 2.24) is 0 Å². The van der Waals surface area contributed by atoms with Gasteiger partial charge in [-0.05, 0) is 29.8 Å². The smallest absolute Gasteiger partial charge is 0.130 e. The van der Waals surface area contributed by atoms with Gasteiger partial charge in [-0.3, -0.25) is 0 Å². The zero-order valence-electron chi connectivity index (χ0n) is 10.1. The van der Waals surface area contributed by atoms with Crippen LogP contribution in [-0.4, -0.2) is 5.84 Å². The van der Waals surface area contributed by atoms with E-state index in [0.717, 1.165) is 11.1 Å². The Hall–Kier alpha value is -1.77. The first kappa shape index (κ1) is 13.7. The number of benzene rings is 2. The van der Waals surface area contributed by atoms with Gasteiger partial charge in [0, 0.05) is 21.8 Å². The first-order chi connectivity index (χ1) is 9.16. The normalized spacial score (nSPS) is 12.0. The lowest BCUT2D eigenvalue weighted by Gasteiger charge is -1.99. The molecule has 2 nitrogen and oxygen atoms in total. The molecule has 2 rings (SSSR count). The van der Waals surface area contributed by atoms with E-state index >= 15 is 0 Å². The van der Waals surface area contributed by atoms with Crippen LogP contribution < -0.4 is 5.73 Å². The van der Waals surface area contributed by atoms with E-state index in [1.54, 1.807) is 30.5 Å². The second kappa shape index (κ2) is 6.41. The highest BCUT2D eigenvalue weighted by atomic mass is 35.5. The summed E-state index contributed by atoms with van der Waals surface area (Å²) in [7, 11) is 0. The lowest BCUT2D eigenvalue weighted by Crippen LogP contribution is -2.12. The van der Waals surface area contributed by atoms with Crippen LogP contribution in [0.15, 0.2) is 59.7 Å². The van der Waals surface area contributed by atoms with Crippen LogP contribution in [-0.2, 0) is 0 Å². The second-order valence-corrected chi connectivity index (χ2v) is 4.71. The van der Waals surface area contributed by atoms with Gasteiger partial charge < -0.3 is 5.73 Å². The van der Waals surface area contributed by atoms with E-state index in [1.165, 1.54) is 0 Å². The first-order valence-corrected chi connectivity index (χ1v) is 6.43. The molecular weight excluding hydrogens is 279 g/mol. The largest absolute Gasteiger partial charge is 0.383 e. The third kappa shape index (κ3) is 3.85. The fourth-order valence-corrected chi connectivity index (χ4v) is 1.88. The standard InChI is InChI=1S/C15H12Cl2N2/c16-13-6-7-14(17)12(10-13)8-9-19-15(18)11-4-2-1-3-5-11/h1-10H,(H2,18,19). The highest BCUT2D eigenvalue weighted by molar-refractivity contribution is 6.34. The molecule has 2 aromatic rings. The summed E-state index contributed by atoms with van der Waals surface area (Å²) >= 11 is 11.9. The molecular formula is C15H12Cl2N2. The van der Waals surface area contributed by atoms with E-state index in [2.05, 4.69) is 4.99 Å². The van der Waals surface area contributed by atoms with E-state index in [0.29, 0.717) is 15.9 Å². The van der Waals surface area contributed by atoms with Gasteiger partial charge in [0.2, 0.25) is 0 Å². The van der Waals surface area contributed by atoms with Crippen LogP contribution in [0.4, 0.5) is 0 Å². The zero-order valence-corrected chi connectivity index (χ0v) is 11.6. The molecule has 0 aliphatic heterocycles. The number of hydrogen-bond acceptors (Lipinski definition) is 1. The molecule has 0 aliphatic rings. The molecule has 0 atom stereocenters. The number of hydrogen-bond donors (Lipinski definition) is 1. The monoisotopic (exact) mass is 290 g/mol. The van der Waals surface area contributed by atoms with Crippen molar-refractivity contribution >= 4 is 35.1 Å². The third-order valence-corrected chi connectivity index (χ3v) is 3.07. The van der Waals surface area contributed by atoms with E-state index in [-0.39, 0.29) is 0 Å². The molecule has 0 radical (unpaired) electrons. The van der Waals surface area contributed by atoms with Gasteiger partial charge in [-0.1, -0.05) is 53.5 Å². The van der Waals surface area contributed by atoms with E-state index < -0.39 is 0 Å². The lowest BCUT2D eigenvalue weighted by molar-refractivity contribution is 1.47. The molecule has 0 fully saturated rings. The Morgan fingerprint density at radius 3 is 2.53 bits per heavy atom. The molecule has 19 heavy (non-hydrogen) atoms. The predicted octanol–water partition coefficient (Wildman–Crippen LogP) is 4.37. The highest BCUT2D eigenvalue weighted by Crippen LogP contribution is 2.21. The van der Waals surface area contributed by atoms with Crippen LogP contribution >= 0.6 is 23.2 Å². The van der Waals surface area contributed by atoms with Crippen molar-refractivity contribution in [3.63, 3.8) is 0 Å². The average molecular weight is 291 g/mol. The average Bonchev–Trinajstić information content (AvgIpc) is 2.43. The van der Waals surface area contributed by atoms with Gasteiger partial charge in [0.15, 0.2) is 0 Å². The van der Waals surface area contributed by atoms with Gasteiger partial charge in [-0.2, -0.15) is 0 Å². The number of nitrogens with zero attached hydrogens (tertiary/aromatic N) is 1. The predicted molar refractivity (Wildman–Crippen MR) is 82.7 cm³/mol. The molecule has 0 bridgehead atoms. The summed E-state index contributed by atoms with van der Waals surface area (Å²) in [5.74, 6) is 0.454. The molecule has 0 aromatic heterocycles. The van der Waals surface area contributed by atoms with Crippen molar-refractivity contribution in [1.29, 1.82) is 0 Å². The third-order valence-electron chi connectivity index (χ3n) is 2.50. The second-order valence-electron chi connectivity index (χ2n) is 3.86. The van der Waals surface area contributed by atoms with Gasteiger partial charge in [0.05, 0.1) is 0 Å². The maximum absolute atomic E-state index is 6.04. The summed E-state index contributed by atoms with van der Waals surface area (Å²) in [6.45, 7) is 0. The van der Waals surface area contributed by atoms with Crippen LogP contribution in [0.25, 0.3) is 6.08 Å². The number of rotatable bonds is 3. The minimum Gasteiger partial charge on any atom is -0.383 e. The maximum Gasteiger partial charge on any atom is 0.130 e.